The van der Waals surface area contributed by atoms with E-state index in [4.69, 9.17) is 0 Å². The summed E-state index contributed by atoms with van der Waals surface area (Å²) in [5, 5.41) is 5.28. The lowest BCUT2D eigenvalue weighted by Crippen LogP contribution is -2.35. The number of hydrogen-bond acceptors (Lipinski definition) is 4. The van der Waals surface area contributed by atoms with E-state index in [0.29, 0.717) is 30.5 Å². The van der Waals surface area contributed by atoms with Crippen LogP contribution in [0.5, 0.6) is 0 Å². The monoisotopic (exact) mass is 450 g/mol. The lowest BCUT2D eigenvalue weighted by Gasteiger charge is -2.30. The van der Waals surface area contributed by atoms with Gasteiger partial charge in [-0.2, -0.15) is 0 Å². The number of carbonyl (C=O) groups is 2. The molecule has 6 nitrogen and oxygen atoms in total. The molecule has 0 spiro atoms. The molecule has 8 heteroatoms. The molecule has 144 valence electrons. The quantitative estimate of drug-likeness (QED) is 0.693. The minimum Gasteiger partial charge on any atom is -0.336 e. The van der Waals surface area contributed by atoms with Crippen LogP contribution in [0, 0.1) is 0 Å². The second-order valence-electron chi connectivity index (χ2n) is 6.47. The second-order valence-corrected chi connectivity index (χ2v) is 8.16. The molecular weight excluding hydrogens is 428 g/mol. The smallest absolute Gasteiger partial charge is 0.323 e. The van der Waals surface area contributed by atoms with Gasteiger partial charge in [0.15, 0.2) is 5.13 Å². The highest BCUT2D eigenvalue weighted by Gasteiger charge is 2.26. The Bertz CT molecular complexity index is 826. The molecule has 1 atom stereocenters. The maximum atomic E-state index is 13.0. The van der Waals surface area contributed by atoms with Crippen molar-refractivity contribution in [3.63, 3.8) is 0 Å². The second kappa shape index (κ2) is 8.84. The summed E-state index contributed by atoms with van der Waals surface area (Å²) in [7, 11) is 0. The molecule has 1 unspecified atom stereocenters. The molecule has 1 saturated heterocycles. The fourth-order valence-corrected chi connectivity index (χ4v) is 4.63. The van der Waals surface area contributed by atoms with Crippen LogP contribution >= 0.6 is 27.3 Å². The van der Waals surface area contributed by atoms with Crippen LogP contribution in [0.25, 0.3) is 0 Å². The Morgan fingerprint density at radius 2 is 2.22 bits per heavy atom. The summed E-state index contributed by atoms with van der Waals surface area (Å²) in [5.74, 6) is 0.0443. The van der Waals surface area contributed by atoms with Gasteiger partial charge in [-0.25, -0.2) is 9.78 Å². The van der Waals surface area contributed by atoms with E-state index in [0.717, 1.165) is 16.5 Å². The van der Waals surface area contributed by atoms with Crippen molar-refractivity contribution < 1.29 is 9.59 Å². The summed E-state index contributed by atoms with van der Waals surface area (Å²) in [6.07, 6.45) is 1.12. The standard InChI is InChI=1S/C19H23BrN4O2S/c1-3-9-23(13(2)15-6-4-5-7-16(15)20)17(25)11-14-12-27-19(22-14)24-10-8-21-18(24)26/h4-7,12-13H,3,8-11H2,1-2H3,(H,21,26). The number of thiazole rings is 1. The highest BCUT2D eigenvalue weighted by molar-refractivity contribution is 9.10. The summed E-state index contributed by atoms with van der Waals surface area (Å²) in [4.78, 5) is 32.8. The maximum absolute atomic E-state index is 13.0. The average molecular weight is 451 g/mol. The molecule has 1 N–H and O–H groups in total. The number of urea groups is 1. The van der Waals surface area contributed by atoms with E-state index in [2.05, 4.69) is 40.1 Å². The summed E-state index contributed by atoms with van der Waals surface area (Å²) in [6.45, 7) is 6.04. The van der Waals surface area contributed by atoms with E-state index < -0.39 is 0 Å². The summed E-state index contributed by atoms with van der Waals surface area (Å²) < 4.78 is 1.00. The first-order chi connectivity index (χ1) is 13.0. The van der Waals surface area contributed by atoms with Crippen LogP contribution in [0.4, 0.5) is 9.93 Å². The lowest BCUT2D eigenvalue weighted by atomic mass is 10.1. The van der Waals surface area contributed by atoms with Crippen LogP contribution in [0.1, 0.15) is 37.6 Å². The Labute approximate surface area is 171 Å². The molecular formula is C19H23BrN4O2S. The molecule has 0 aliphatic carbocycles. The highest BCUT2D eigenvalue weighted by Crippen LogP contribution is 2.29. The minimum atomic E-state index is -0.127. The van der Waals surface area contributed by atoms with Gasteiger partial charge in [-0.15, -0.1) is 11.3 Å². The van der Waals surface area contributed by atoms with Gasteiger partial charge in [0, 0.05) is 29.5 Å². The molecule has 0 radical (unpaired) electrons. The predicted molar refractivity (Wildman–Crippen MR) is 111 cm³/mol. The zero-order chi connectivity index (χ0) is 19.4. The van der Waals surface area contributed by atoms with Crippen molar-refractivity contribution in [3.05, 3.63) is 45.4 Å². The van der Waals surface area contributed by atoms with Crippen molar-refractivity contribution in [3.8, 4) is 0 Å². The van der Waals surface area contributed by atoms with Crippen LogP contribution in [-0.2, 0) is 11.2 Å². The fourth-order valence-electron chi connectivity index (χ4n) is 3.17. The topological polar surface area (TPSA) is 65.5 Å². The Hall–Kier alpha value is -1.93. The number of anilines is 1. The van der Waals surface area contributed by atoms with Crippen LogP contribution in [0.15, 0.2) is 34.1 Å². The summed E-state index contributed by atoms with van der Waals surface area (Å²) in [5.41, 5.74) is 1.80. The van der Waals surface area contributed by atoms with Gasteiger partial charge in [0.2, 0.25) is 5.91 Å². The van der Waals surface area contributed by atoms with Crippen LogP contribution in [0.2, 0.25) is 0 Å². The number of benzene rings is 1. The molecule has 0 saturated carbocycles. The third-order valence-electron chi connectivity index (χ3n) is 4.57. The molecule has 1 aromatic carbocycles. The molecule has 1 aliphatic rings. The van der Waals surface area contributed by atoms with E-state index in [1.165, 1.54) is 11.3 Å². The van der Waals surface area contributed by atoms with Crippen LogP contribution in [0.3, 0.4) is 0 Å². The maximum Gasteiger partial charge on any atom is 0.323 e. The van der Waals surface area contributed by atoms with E-state index in [9.17, 15) is 9.59 Å². The van der Waals surface area contributed by atoms with Gasteiger partial charge < -0.3 is 10.2 Å². The van der Waals surface area contributed by atoms with Gasteiger partial charge >= 0.3 is 6.03 Å². The highest BCUT2D eigenvalue weighted by atomic mass is 79.9. The normalized spacial score (nSPS) is 14.9. The van der Waals surface area contributed by atoms with Gasteiger partial charge in [0.25, 0.3) is 0 Å². The first-order valence-electron chi connectivity index (χ1n) is 9.05. The number of carbonyl (C=O) groups excluding carboxylic acids is 2. The molecule has 1 fully saturated rings. The Kier molecular flexibility index (Phi) is 6.49. The lowest BCUT2D eigenvalue weighted by molar-refractivity contribution is -0.132. The molecule has 2 aromatic rings. The van der Waals surface area contributed by atoms with Gasteiger partial charge in [-0.05, 0) is 25.0 Å². The Morgan fingerprint density at radius 1 is 1.44 bits per heavy atom. The zero-order valence-corrected chi connectivity index (χ0v) is 17.8. The van der Waals surface area contributed by atoms with Gasteiger partial charge in [0.1, 0.15) is 0 Å². The first kappa shape index (κ1) is 19.8. The number of amides is 3. The van der Waals surface area contributed by atoms with E-state index in [1.807, 2.05) is 34.5 Å². The van der Waals surface area contributed by atoms with Crippen molar-refractivity contribution in [1.29, 1.82) is 0 Å². The Balaban J connectivity index is 1.73. The van der Waals surface area contributed by atoms with Crippen LogP contribution in [-0.4, -0.2) is 41.5 Å². The van der Waals surface area contributed by atoms with Gasteiger partial charge in [-0.3, -0.25) is 9.69 Å². The molecule has 1 aliphatic heterocycles. The minimum absolute atomic E-state index is 0.0320. The van der Waals surface area contributed by atoms with Crippen molar-refractivity contribution in [2.75, 3.05) is 24.5 Å². The van der Waals surface area contributed by atoms with Crippen LogP contribution < -0.4 is 10.2 Å². The largest absolute Gasteiger partial charge is 0.336 e. The average Bonchev–Trinajstić information content (AvgIpc) is 3.28. The fraction of sp³-hybridized carbons (Fsp3) is 0.421. The Morgan fingerprint density at radius 3 is 2.89 bits per heavy atom. The van der Waals surface area contributed by atoms with Crippen molar-refractivity contribution in [2.24, 2.45) is 0 Å². The molecule has 3 amide bonds. The first-order valence-corrected chi connectivity index (χ1v) is 10.7. The third kappa shape index (κ3) is 4.50. The predicted octanol–water partition coefficient (Wildman–Crippen LogP) is 3.98. The number of halogens is 1. The SMILES string of the molecule is CCCN(C(=O)Cc1csc(N2CCNC2=O)n1)C(C)c1ccccc1Br. The van der Waals surface area contributed by atoms with Gasteiger partial charge in [0.05, 0.1) is 18.2 Å². The molecule has 1 aromatic heterocycles. The number of nitrogens with one attached hydrogen (secondary N) is 1. The molecule has 2 heterocycles. The summed E-state index contributed by atoms with van der Waals surface area (Å²) >= 11 is 4.99. The summed E-state index contributed by atoms with van der Waals surface area (Å²) in [6, 6.07) is 7.83. The van der Waals surface area contributed by atoms with E-state index in [1.54, 1.807) is 4.90 Å². The number of aromatic nitrogens is 1. The zero-order valence-electron chi connectivity index (χ0n) is 15.4. The van der Waals surface area contributed by atoms with Crippen molar-refractivity contribution >= 4 is 44.3 Å². The third-order valence-corrected chi connectivity index (χ3v) is 6.20. The van der Waals surface area contributed by atoms with E-state index in [-0.39, 0.29) is 24.4 Å². The molecule has 0 bridgehead atoms. The molecule has 27 heavy (non-hydrogen) atoms. The number of nitrogens with zero attached hydrogens (tertiary/aromatic N) is 3. The van der Waals surface area contributed by atoms with E-state index >= 15 is 0 Å². The van der Waals surface area contributed by atoms with Crippen molar-refractivity contribution in [1.82, 2.24) is 15.2 Å². The number of hydrogen-bond donors (Lipinski definition) is 1. The van der Waals surface area contributed by atoms with Crippen molar-refractivity contribution in [2.45, 2.75) is 32.7 Å². The molecule has 3 rings (SSSR count). The number of rotatable bonds is 7. The van der Waals surface area contributed by atoms with Gasteiger partial charge in [-0.1, -0.05) is 41.1 Å².